The van der Waals surface area contributed by atoms with Gasteiger partial charge in [0.05, 0.1) is 0 Å². The Labute approximate surface area is 88.5 Å². The summed E-state index contributed by atoms with van der Waals surface area (Å²) in [4.78, 5) is 0. The summed E-state index contributed by atoms with van der Waals surface area (Å²) in [6.45, 7) is 3.04. The van der Waals surface area contributed by atoms with E-state index in [1.807, 2.05) is 18.5 Å². The topological polar surface area (TPSA) is 42.7 Å². The quantitative estimate of drug-likeness (QED) is 0.583. The fourth-order valence-corrected chi connectivity index (χ4v) is 2.03. The third-order valence-electron chi connectivity index (χ3n) is 2.40. The van der Waals surface area contributed by atoms with Gasteiger partial charge in [0, 0.05) is 25.4 Å². The van der Waals surface area contributed by atoms with E-state index >= 15 is 0 Å². The maximum Gasteiger partial charge on any atom is 0.190 e. The van der Waals surface area contributed by atoms with Gasteiger partial charge in [-0.3, -0.25) is 0 Å². The number of nitrogens with zero attached hydrogens (tertiary/aromatic N) is 3. The predicted octanol–water partition coefficient (Wildman–Crippen LogP) is 0.968. The standard InChI is InChI=1S/C9H16N4S/c1-7-11-12-9(13(7)2)14-6-5-10-8-3-4-8/h8,10H,3-6H2,1-2H3. The lowest BCUT2D eigenvalue weighted by Crippen LogP contribution is -2.19. The number of nitrogens with one attached hydrogen (secondary N) is 1. The van der Waals surface area contributed by atoms with E-state index < -0.39 is 0 Å². The van der Waals surface area contributed by atoms with Gasteiger partial charge in [0.2, 0.25) is 0 Å². The molecule has 1 saturated carbocycles. The molecule has 0 aliphatic heterocycles. The Morgan fingerprint density at radius 3 is 2.86 bits per heavy atom. The number of thioether (sulfide) groups is 1. The molecule has 1 aliphatic carbocycles. The zero-order valence-corrected chi connectivity index (χ0v) is 9.47. The normalized spacial score (nSPS) is 16.1. The summed E-state index contributed by atoms with van der Waals surface area (Å²) < 4.78 is 2.03. The van der Waals surface area contributed by atoms with E-state index in [-0.39, 0.29) is 0 Å². The van der Waals surface area contributed by atoms with Gasteiger partial charge in [-0.05, 0) is 19.8 Å². The fraction of sp³-hybridized carbons (Fsp3) is 0.778. The molecule has 0 spiro atoms. The summed E-state index contributed by atoms with van der Waals surface area (Å²) in [5.74, 6) is 2.05. The van der Waals surface area contributed by atoms with Gasteiger partial charge in [0.25, 0.3) is 0 Å². The molecule has 0 saturated heterocycles. The molecule has 1 aromatic heterocycles. The maximum absolute atomic E-state index is 4.10. The molecule has 0 bridgehead atoms. The lowest BCUT2D eigenvalue weighted by atomic mass is 10.6. The second-order valence-electron chi connectivity index (χ2n) is 3.67. The minimum Gasteiger partial charge on any atom is -0.313 e. The number of rotatable bonds is 5. The van der Waals surface area contributed by atoms with Crippen molar-refractivity contribution in [3.05, 3.63) is 5.82 Å². The molecule has 5 heteroatoms. The van der Waals surface area contributed by atoms with Crippen molar-refractivity contribution in [2.45, 2.75) is 31.0 Å². The number of hydrogen-bond donors (Lipinski definition) is 1. The van der Waals surface area contributed by atoms with Crippen LogP contribution in [0.3, 0.4) is 0 Å². The Kier molecular flexibility index (Phi) is 3.08. The number of hydrogen-bond acceptors (Lipinski definition) is 4. The summed E-state index contributed by atoms with van der Waals surface area (Å²) >= 11 is 1.76. The maximum atomic E-state index is 4.10. The monoisotopic (exact) mass is 212 g/mol. The molecule has 78 valence electrons. The van der Waals surface area contributed by atoms with Crippen molar-refractivity contribution in [3.8, 4) is 0 Å². The highest BCUT2D eigenvalue weighted by atomic mass is 32.2. The first kappa shape index (κ1) is 9.98. The molecule has 0 radical (unpaired) electrons. The van der Waals surface area contributed by atoms with E-state index in [4.69, 9.17) is 0 Å². The van der Waals surface area contributed by atoms with Gasteiger partial charge in [-0.2, -0.15) is 0 Å². The molecule has 0 aromatic carbocycles. The molecular formula is C9H16N4S. The van der Waals surface area contributed by atoms with Crippen LogP contribution in [0, 0.1) is 6.92 Å². The molecule has 4 nitrogen and oxygen atoms in total. The van der Waals surface area contributed by atoms with E-state index in [2.05, 4.69) is 15.5 Å². The van der Waals surface area contributed by atoms with Crippen LogP contribution in [0.1, 0.15) is 18.7 Å². The molecule has 0 amide bonds. The van der Waals surface area contributed by atoms with Gasteiger partial charge in [0.1, 0.15) is 5.82 Å². The third-order valence-corrected chi connectivity index (χ3v) is 3.42. The lowest BCUT2D eigenvalue weighted by Gasteiger charge is -2.02. The minimum atomic E-state index is 0.803. The first-order valence-corrected chi connectivity index (χ1v) is 5.98. The number of aromatic nitrogens is 3. The van der Waals surface area contributed by atoms with Crippen molar-refractivity contribution in [1.29, 1.82) is 0 Å². The average molecular weight is 212 g/mol. The molecule has 1 heterocycles. The van der Waals surface area contributed by atoms with Gasteiger partial charge < -0.3 is 9.88 Å². The van der Waals surface area contributed by atoms with Crippen LogP contribution in [0.5, 0.6) is 0 Å². The Bertz CT molecular complexity index is 306. The van der Waals surface area contributed by atoms with Crippen LogP contribution >= 0.6 is 11.8 Å². The van der Waals surface area contributed by atoms with Crippen LogP contribution in [-0.2, 0) is 7.05 Å². The van der Waals surface area contributed by atoms with Crippen molar-refractivity contribution in [2.24, 2.45) is 7.05 Å². The second kappa shape index (κ2) is 4.31. The predicted molar refractivity (Wildman–Crippen MR) is 57.5 cm³/mol. The molecule has 0 unspecified atom stereocenters. The Balaban J connectivity index is 1.71. The fourth-order valence-electron chi connectivity index (χ4n) is 1.21. The summed E-state index contributed by atoms with van der Waals surface area (Å²) in [5.41, 5.74) is 0. The summed E-state index contributed by atoms with van der Waals surface area (Å²) in [6.07, 6.45) is 2.71. The van der Waals surface area contributed by atoms with E-state index in [0.717, 1.165) is 29.3 Å². The highest BCUT2D eigenvalue weighted by Gasteiger charge is 2.19. The summed E-state index contributed by atoms with van der Waals surface area (Å²) in [5, 5.41) is 12.6. The van der Waals surface area contributed by atoms with Crippen LogP contribution in [0.4, 0.5) is 0 Å². The highest BCUT2D eigenvalue weighted by molar-refractivity contribution is 7.99. The largest absolute Gasteiger partial charge is 0.313 e. The van der Waals surface area contributed by atoms with Crippen molar-refractivity contribution in [1.82, 2.24) is 20.1 Å². The van der Waals surface area contributed by atoms with Gasteiger partial charge >= 0.3 is 0 Å². The van der Waals surface area contributed by atoms with Crippen LogP contribution in [0.25, 0.3) is 0 Å². The Hall–Kier alpha value is -0.550. The van der Waals surface area contributed by atoms with E-state index in [9.17, 15) is 0 Å². The molecular weight excluding hydrogens is 196 g/mol. The molecule has 14 heavy (non-hydrogen) atoms. The number of aryl methyl sites for hydroxylation is 1. The van der Waals surface area contributed by atoms with Crippen LogP contribution < -0.4 is 5.32 Å². The smallest absolute Gasteiger partial charge is 0.190 e. The van der Waals surface area contributed by atoms with Gasteiger partial charge in [-0.25, -0.2) is 0 Å². The van der Waals surface area contributed by atoms with Crippen LogP contribution in [0.15, 0.2) is 5.16 Å². The molecule has 1 fully saturated rings. The Morgan fingerprint density at radius 2 is 2.29 bits per heavy atom. The van der Waals surface area contributed by atoms with E-state index in [1.165, 1.54) is 12.8 Å². The van der Waals surface area contributed by atoms with Crippen LogP contribution in [-0.4, -0.2) is 33.1 Å². The Morgan fingerprint density at radius 1 is 1.50 bits per heavy atom. The highest BCUT2D eigenvalue weighted by Crippen LogP contribution is 2.19. The van der Waals surface area contributed by atoms with E-state index in [0.29, 0.717) is 0 Å². The summed E-state index contributed by atoms with van der Waals surface area (Å²) in [7, 11) is 2.01. The van der Waals surface area contributed by atoms with Gasteiger partial charge in [-0.15, -0.1) is 10.2 Å². The minimum absolute atomic E-state index is 0.803. The molecule has 1 N–H and O–H groups in total. The van der Waals surface area contributed by atoms with Crippen molar-refractivity contribution in [3.63, 3.8) is 0 Å². The first-order chi connectivity index (χ1) is 6.77. The zero-order chi connectivity index (χ0) is 9.97. The molecule has 1 aromatic rings. The van der Waals surface area contributed by atoms with Crippen molar-refractivity contribution in [2.75, 3.05) is 12.3 Å². The molecule has 0 atom stereocenters. The average Bonchev–Trinajstić information content (AvgIpc) is 2.94. The SMILES string of the molecule is Cc1nnc(SCCNC2CC2)n1C. The second-order valence-corrected chi connectivity index (χ2v) is 4.73. The molecule has 2 rings (SSSR count). The van der Waals surface area contributed by atoms with Crippen LogP contribution in [0.2, 0.25) is 0 Å². The summed E-state index contributed by atoms with van der Waals surface area (Å²) in [6, 6.07) is 0.803. The van der Waals surface area contributed by atoms with Gasteiger partial charge in [0.15, 0.2) is 5.16 Å². The van der Waals surface area contributed by atoms with E-state index in [1.54, 1.807) is 11.8 Å². The van der Waals surface area contributed by atoms with Crippen molar-refractivity contribution >= 4 is 11.8 Å². The van der Waals surface area contributed by atoms with Crippen molar-refractivity contribution < 1.29 is 0 Å². The lowest BCUT2D eigenvalue weighted by molar-refractivity contribution is 0.721. The van der Waals surface area contributed by atoms with Gasteiger partial charge in [-0.1, -0.05) is 11.8 Å². The zero-order valence-electron chi connectivity index (χ0n) is 8.66. The molecule has 1 aliphatic rings. The first-order valence-electron chi connectivity index (χ1n) is 4.99. The third kappa shape index (κ3) is 2.48.